The van der Waals surface area contributed by atoms with Crippen molar-refractivity contribution in [2.24, 2.45) is 5.41 Å². The van der Waals surface area contributed by atoms with E-state index in [2.05, 4.69) is 47.8 Å². The Morgan fingerprint density at radius 2 is 2.00 bits per heavy atom. The van der Waals surface area contributed by atoms with Crippen molar-refractivity contribution >= 4 is 76.8 Å². The summed E-state index contributed by atoms with van der Waals surface area (Å²) in [6.45, 7) is 1.90. The largest absolute Gasteiger partial charge is 0.292 e. The van der Waals surface area contributed by atoms with E-state index < -0.39 is 10.3 Å². The summed E-state index contributed by atoms with van der Waals surface area (Å²) in [4.78, 5) is 10.6. The highest BCUT2D eigenvalue weighted by Gasteiger charge is 2.46. The summed E-state index contributed by atoms with van der Waals surface area (Å²) in [5, 5.41) is 0. The molecule has 0 bridgehead atoms. The number of halogens is 5. The highest BCUT2D eigenvalue weighted by molar-refractivity contribution is 9.13. The summed E-state index contributed by atoms with van der Waals surface area (Å²) in [5.74, 6) is -0.00154. The SMILES string of the molecule is CC1(C(Cl)Cl)C=C(Br)C(=O)C(Br)C1Br. The van der Waals surface area contributed by atoms with E-state index in [4.69, 9.17) is 23.2 Å². The zero-order chi connectivity index (χ0) is 11.1. The molecule has 0 aromatic carbocycles. The fourth-order valence-corrected chi connectivity index (χ4v) is 4.39. The van der Waals surface area contributed by atoms with Crippen LogP contribution in [0.5, 0.6) is 0 Å². The van der Waals surface area contributed by atoms with Gasteiger partial charge in [0.15, 0.2) is 5.78 Å². The molecule has 0 aromatic heterocycles. The van der Waals surface area contributed by atoms with Crippen LogP contribution in [0, 0.1) is 5.41 Å². The third-order valence-electron chi connectivity index (χ3n) is 2.24. The van der Waals surface area contributed by atoms with Crippen LogP contribution in [-0.4, -0.2) is 20.3 Å². The van der Waals surface area contributed by atoms with Gasteiger partial charge in [0, 0.05) is 10.2 Å². The number of allylic oxidation sites excluding steroid dienone is 2. The molecule has 6 heteroatoms. The Hall–Kier alpha value is 1.43. The molecule has 0 spiro atoms. The summed E-state index contributed by atoms with van der Waals surface area (Å²) < 4.78 is 0.517. The van der Waals surface area contributed by atoms with Gasteiger partial charge in [0.2, 0.25) is 0 Å². The number of hydrogen-bond donors (Lipinski definition) is 0. The predicted octanol–water partition coefficient (Wildman–Crippen LogP) is 4.18. The van der Waals surface area contributed by atoms with Crippen LogP contribution in [0.4, 0.5) is 0 Å². The number of ketones is 1. The molecule has 80 valence electrons. The number of carbonyl (C=O) groups excluding carboxylic acids is 1. The molecule has 1 rings (SSSR count). The van der Waals surface area contributed by atoms with Crippen molar-refractivity contribution in [3.8, 4) is 0 Å². The van der Waals surface area contributed by atoms with Crippen molar-refractivity contribution in [3.63, 3.8) is 0 Å². The Balaban J connectivity index is 3.16. The maximum atomic E-state index is 11.6. The van der Waals surface area contributed by atoms with Gasteiger partial charge in [0.05, 0.1) is 9.31 Å². The number of rotatable bonds is 1. The van der Waals surface area contributed by atoms with Crippen molar-refractivity contribution < 1.29 is 4.79 Å². The molecule has 0 heterocycles. The molecule has 0 fully saturated rings. The first-order chi connectivity index (χ1) is 6.30. The van der Waals surface area contributed by atoms with Gasteiger partial charge in [-0.3, -0.25) is 4.79 Å². The van der Waals surface area contributed by atoms with Crippen LogP contribution in [0.2, 0.25) is 0 Å². The van der Waals surface area contributed by atoms with Gasteiger partial charge >= 0.3 is 0 Å². The molecule has 0 saturated heterocycles. The molecule has 0 aromatic rings. The molecule has 3 unspecified atom stereocenters. The molecular weight excluding hydrogens is 423 g/mol. The standard InChI is InChI=1S/C8H7Br3Cl2O/c1-8(7(12)13)2-3(9)5(14)4(10)6(8)11/h2,4,6-7H,1H3. The van der Waals surface area contributed by atoms with Crippen LogP contribution < -0.4 is 0 Å². The molecule has 1 aliphatic carbocycles. The lowest BCUT2D eigenvalue weighted by molar-refractivity contribution is -0.114. The highest BCUT2D eigenvalue weighted by Crippen LogP contribution is 2.47. The smallest absolute Gasteiger partial charge is 0.184 e. The number of hydrogen-bond acceptors (Lipinski definition) is 1. The molecule has 3 atom stereocenters. The average molecular weight is 430 g/mol. The minimum absolute atomic E-state index is 0.00154. The normalized spacial score (nSPS) is 38.8. The average Bonchev–Trinajstić information content (AvgIpc) is 2.11. The van der Waals surface area contributed by atoms with Gasteiger partial charge in [-0.05, 0) is 15.9 Å². The second-order valence-electron chi connectivity index (χ2n) is 3.33. The van der Waals surface area contributed by atoms with Gasteiger partial charge in [-0.2, -0.15) is 0 Å². The van der Waals surface area contributed by atoms with Crippen molar-refractivity contribution in [1.29, 1.82) is 0 Å². The first-order valence-electron chi connectivity index (χ1n) is 3.79. The maximum absolute atomic E-state index is 11.6. The van der Waals surface area contributed by atoms with E-state index in [1.54, 1.807) is 6.08 Å². The molecular formula is C8H7Br3Cl2O. The number of alkyl halides is 4. The van der Waals surface area contributed by atoms with Gasteiger partial charge < -0.3 is 0 Å². The lowest BCUT2D eigenvalue weighted by Crippen LogP contribution is -2.44. The van der Waals surface area contributed by atoms with Crippen LogP contribution in [0.1, 0.15) is 6.92 Å². The number of Topliss-reactive ketones (excluding diaryl/α,β-unsaturated/α-hetero) is 1. The fourth-order valence-electron chi connectivity index (χ4n) is 1.19. The summed E-state index contributed by atoms with van der Waals surface area (Å²) in [6, 6.07) is 0. The van der Waals surface area contributed by atoms with Crippen molar-refractivity contribution in [3.05, 3.63) is 10.6 Å². The van der Waals surface area contributed by atoms with Gasteiger partial charge in [-0.15, -0.1) is 23.2 Å². The molecule has 14 heavy (non-hydrogen) atoms. The molecule has 0 saturated carbocycles. The predicted molar refractivity (Wildman–Crippen MR) is 71.0 cm³/mol. The lowest BCUT2D eigenvalue weighted by Gasteiger charge is -2.38. The van der Waals surface area contributed by atoms with Crippen LogP contribution in [-0.2, 0) is 4.79 Å². The Kier molecular flexibility index (Phi) is 4.57. The monoisotopic (exact) mass is 426 g/mol. The molecule has 1 aliphatic rings. The Morgan fingerprint density at radius 3 is 2.43 bits per heavy atom. The van der Waals surface area contributed by atoms with Crippen LogP contribution in [0.25, 0.3) is 0 Å². The minimum Gasteiger partial charge on any atom is -0.292 e. The van der Waals surface area contributed by atoms with E-state index in [1.807, 2.05) is 6.92 Å². The summed E-state index contributed by atoms with van der Waals surface area (Å²) >= 11 is 21.8. The lowest BCUT2D eigenvalue weighted by atomic mass is 9.82. The first-order valence-corrected chi connectivity index (χ1v) is 7.29. The molecule has 0 N–H and O–H groups in total. The zero-order valence-electron chi connectivity index (χ0n) is 7.11. The van der Waals surface area contributed by atoms with Crippen LogP contribution in [0.3, 0.4) is 0 Å². The highest BCUT2D eigenvalue weighted by atomic mass is 79.9. The van der Waals surface area contributed by atoms with E-state index >= 15 is 0 Å². The van der Waals surface area contributed by atoms with Gasteiger partial charge in [-0.25, -0.2) is 0 Å². The second kappa shape index (κ2) is 4.74. The van der Waals surface area contributed by atoms with E-state index in [0.717, 1.165) is 0 Å². The third-order valence-corrected chi connectivity index (χ3v) is 6.97. The first kappa shape index (κ1) is 13.5. The topological polar surface area (TPSA) is 17.1 Å². The molecule has 1 nitrogen and oxygen atoms in total. The van der Waals surface area contributed by atoms with Crippen molar-refractivity contribution in [2.45, 2.75) is 21.4 Å². The van der Waals surface area contributed by atoms with Crippen molar-refractivity contribution in [1.82, 2.24) is 0 Å². The van der Waals surface area contributed by atoms with Crippen LogP contribution in [0.15, 0.2) is 10.6 Å². The molecule has 0 amide bonds. The molecule has 0 radical (unpaired) electrons. The second-order valence-corrected chi connectivity index (χ2v) is 7.25. The third kappa shape index (κ3) is 2.24. The fraction of sp³-hybridized carbons (Fsp3) is 0.625. The van der Waals surface area contributed by atoms with Gasteiger partial charge in [-0.1, -0.05) is 44.9 Å². The van der Waals surface area contributed by atoms with Crippen LogP contribution >= 0.6 is 71.0 Å². The van der Waals surface area contributed by atoms with E-state index in [-0.39, 0.29) is 15.4 Å². The Labute approximate surface area is 118 Å². The minimum atomic E-state index is -0.576. The van der Waals surface area contributed by atoms with Gasteiger partial charge in [0.25, 0.3) is 0 Å². The Bertz CT molecular complexity index is 292. The van der Waals surface area contributed by atoms with Gasteiger partial charge in [0.1, 0.15) is 4.84 Å². The Morgan fingerprint density at radius 1 is 1.50 bits per heavy atom. The summed E-state index contributed by atoms with van der Waals surface area (Å²) in [6.07, 6.45) is 1.76. The quantitative estimate of drug-likeness (QED) is 0.571. The number of carbonyl (C=O) groups is 1. The zero-order valence-corrected chi connectivity index (χ0v) is 13.4. The maximum Gasteiger partial charge on any atom is 0.184 e. The summed E-state index contributed by atoms with van der Waals surface area (Å²) in [7, 11) is 0. The van der Waals surface area contributed by atoms with E-state index in [0.29, 0.717) is 4.48 Å². The van der Waals surface area contributed by atoms with Crippen molar-refractivity contribution in [2.75, 3.05) is 0 Å². The molecule has 0 aliphatic heterocycles. The summed E-state index contributed by atoms with van der Waals surface area (Å²) in [5.41, 5.74) is -0.468. The van der Waals surface area contributed by atoms with E-state index in [9.17, 15) is 4.79 Å². The van der Waals surface area contributed by atoms with E-state index in [1.165, 1.54) is 0 Å².